The standard InChI is InChI=1S/C19H15BrN2O3/c1-11-15-16(23)17(24)18(12-7-9-13(20)10-8-12)25-19(15)22(21-11)14-5-3-2-4-6-14/h2-10,17-18,24H,1H3/t17-,18+/m1/s1. The Balaban J connectivity index is 1.83. The zero-order valence-corrected chi connectivity index (χ0v) is 15.0. The van der Waals surface area contributed by atoms with Crippen molar-refractivity contribution in [2.75, 3.05) is 0 Å². The number of benzene rings is 2. The SMILES string of the molecule is Cc1nn(-c2ccccc2)c2c1C(=O)[C@@H](O)[C@H](c1ccc(Br)cc1)O2. The Labute approximate surface area is 153 Å². The van der Waals surface area contributed by atoms with Crippen LogP contribution in [0.4, 0.5) is 0 Å². The summed E-state index contributed by atoms with van der Waals surface area (Å²) in [6, 6.07) is 16.8. The molecule has 126 valence electrons. The number of aliphatic hydroxyl groups excluding tert-OH is 1. The van der Waals surface area contributed by atoms with E-state index in [2.05, 4.69) is 21.0 Å². The lowest BCUT2D eigenvalue weighted by atomic mass is 9.95. The largest absolute Gasteiger partial charge is 0.466 e. The molecule has 1 aliphatic heterocycles. The summed E-state index contributed by atoms with van der Waals surface area (Å²) in [6.45, 7) is 1.74. The van der Waals surface area contributed by atoms with Crippen molar-refractivity contribution in [2.24, 2.45) is 0 Å². The van der Waals surface area contributed by atoms with Gasteiger partial charge < -0.3 is 9.84 Å². The number of fused-ring (bicyclic) bond motifs is 1. The first-order valence-electron chi connectivity index (χ1n) is 7.85. The molecule has 0 fully saturated rings. The maximum atomic E-state index is 12.7. The third-order valence-corrected chi connectivity index (χ3v) is 4.79. The van der Waals surface area contributed by atoms with Crippen molar-refractivity contribution in [2.45, 2.75) is 19.1 Å². The topological polar surface area (TPSA) is 64.4 Å². The van der Waals surface area contributed by atoms with E-state index in [0.29, 0.717) is 17.1 Å². The predicted molar refractivity (Wildman–Crippen MR) is 96.1 cm³/mol. The molecule has 25 heavy (non-hydrogen) atoms. The number of aromatic nitrogens is 2. The van der Waals surface area contributed by atoms with Gasteiger partial charge in [-0.25, -0.2) is 4.68 Å². The van der Waals surface area contributed by atoms with Gasteiger partial charge in [-0.2, -0.15) is 5.10 Å². The average molecular weight is 399 g/mol. The van der Waals surface area contributed by atoms with Gasteiger partial charge >= 0.3 is 0 Å². The number of ketones is 1. The number of ether oxygens (including phenoxy) is 1. The molecule has 1 aliphatic rings. The van der Waals surface area contributed by atoms with Gasteiger partial charge in [-0.3, -0.25) is 4.79 Å². The van der Waals surface area contributed by atoms with Crippen LogP contribution in [0.5, 0.6) is 5.88 Å². The normalized spacial score (nSPS) is 19.4. The monoisotopic (exact) mass is 398 g/mol. The minimum atomic E-state index is -1.26. The van der Waals surface area contributed by atoms with E-state index in [0.717, 1.165) is 15.7 Å². The van der Waals surface area contributed by atoms with Gasteiger partial charge in [-0.15, -0.1) is 0 Å². The van der Waals surface area contributed by atoms with E-state index in [1.807, 2.05) is 54.6 Å². The Bertz CT molecular complexity index is 935. The first kappa shape index (κ1) is 16.1. The van der Waals surface area contributed by atoms with Crippen LogP contribution in [0.2, 0.25) is 0 Å². The number of hydrogen-bond donors (Lipinski definition) is 1. The first-order valence-corrected chi connectivity index (χ1v) is 8.65. The summed E-state index contributed by atoms with van der Waals surface area (Å²) in [5.41, 5.74) is 2.40. The van der Waals surface area contributed by atoms with E-state index in [1.165, 1.54) is 0 Å². The van der Waals surface area contributed by atoms with E-state index in [9.17, 15) is 9.90 Å². The Hall–Kier alpha value is -2.44. The van der Waals surface area contributed by atoms with Crippen molar-refractivity contribution in [3.63, 3.8) is 0 Å². The zero-order valence-electron chi connectivity index (χ0n) is 13.4. The number of hydrogen-bond acceptors (Lipinski definition) is 4. The van der Waals surface area contributed by atoms with Crippen molar-refractivity contribution in [1.82, 2.24) is 9.78 Å². The van der Waals surface area contributed by atoms with Crippen LogP contribution in [0.15, 0.2) is 59.1 Å². The van der Waals surface area contributed by atoms with Gasteiger partial charge in [0, 0.05) is 4.47 Å². The lowest BCUT2D eigenvalue weighted by molar-refractivity contribution is 0.0188. The summed E-state index contributed by atoms with van der Waals surface area (Å²) < 4.78 is 8.59. The lowest BCUT2D eigenvalue weighted by Gasteiger charge is -2.28. The van der Waals surface area contributed by atoms with Crippen LogP contribution in [0.1, 0.15) is 27.7 Å². The molecule has 0 unspecified atom stereocenters. The highest BCUT2D eigenvalue weighted by molar-refractivity contribution is 9.10. The molecule has 2 aromatic carbocycles. The van der Waals surface area contributed by atoms with E-state index in [1.54, 1.807) is 11.6 Å². The third kappa shape index (κ3) is 2.67. The van der Waals surface area contributed by atoms with Crippen LogP contribution in [0.3, 0.4) is 0 Å². The second kappa shape index (κ2) is 6.13. The van der Waals surface area contributed by atoms with Crippen LogP contribution in [-0.2, 0) is 0 Å². The van der Waals surface area contributed by atoms with Crippen molar-refractivity contribution < 1.29 is 14.6 Å². The molecular weight excluding hydrogens is 384 g/mol. The fraction of sp³-hybridized carbons (Fsp3) is 0.158. The number of aliphatic hydroxyl groups is 1. The molecule has 3 aromatic rings. The van der Waals surface area contributed by atoms with Crippen LogP contribution < -0.4 is 4.74 Å². The predicted octanol–water partition coefficient (Wildman–Crippen LogP) is 3.62. The number of para-hydroxylation sites is 1. The maximum absolute atomic E-state index is 12.7. The molecule has 0 bridgehead atoms. The second-order valence-electron chi connectivity index (χ2n) is 5.91. The van der Waals surface area contributed by atoms with Crippen molar-refractivity contribution in [1.29, 1.82) is 0 Å². The molecule has 2 heterocycles. The molecule has 5 nitrogen and oxygen atoms in total. The van der Waals surface area contributed by atoms with Gasteiger partial charge in [-0.05, 0) is 36.8 Å². The zero-order chi connectivity index (χ0) is 17.6. The lowest BCUT2D eigenvalue weighted by Crippen LogP contribution is -2.36. The van der Waals surface area contributed by atoms with Gasteiger partial charge in [0.1, 0.15) is 5.56 Å². The minimum absolute atomic E-state index is 0.338. The quantitative estimate of drug-likeness (QED) is 0.715. The molecule has 0 saturated carbocycles. The van der Waals surface area contributed by atoms with Gasteiger partial charge in [-0.1, -0.05) is 46.3 Å². The van der Waals surface area contributed by atoms with Gasteiger partial charge in [0.15, 0.2) is 12.2 Å². The summed E-state index contributed by atoms with van der Waals surface area (Å²) in [5, 5.41) is 14.9. The number of Topliss-reactive ketones (excluding diaryl/α,β-unsaturated/α-hetero) is 1. The van der Waals surface area contributed by atoms with E-state index < -0.39 is 12.2 Å². The first-order chi connectivity index (χ1) is 12.1. The van der Waals surface area contributed by atoms with Crippen LogP contribution in [-0.4, -0.2) is 26.8 Å². The van der Waals surface area contributed by atoms with Crippen molar-refractivity contribution in [3.05, 3.63) is 75.9 Å². The molecule has 0 saturated heterocycles. The fourth-order valence-corrected chi connectivity index (χ4v) is 3.28. The number of carbonyl (C=O) groups is 1. The molecule has 0 aliphatic carbocycles. The number of carbonyl (C=O) groups excluding carboxylic acids is 1. The van der Waals surface area contributed by atoms with Crippen LogP contribution in [0.25, 0.3) is 5.69 Å². The third-order valence-electron chi connectivity index (χ3n) is 4.26. The minimum Gasteiger partial charge on any atom is -0.466 e. The number of nitrogens with zero attached hydrogens (tertiary/aromatic N) is 2. The Morgan fingerprint density at radius 2 is 1.80 bits per heavy atom. The highest BCUT2D eigenvalue weighted by atomic mass is 79.9. The highest BCUT2D eigenvalue weighted by Gasteiger charge is 2.41. The highest BCUT2D eigenvalue weighted by Crippen LogP contribution is 2.38. The molecule has 1 aromatic heterocycles. The Morgan fingerprint density at radius 1 is 1.12 bits per heavy atom. The molecule has 0 spiro atoms. The summed E-state index contributed by atoms with van der Waals surface area (Å²) in [5.74, 6) is 0.000712. The second-order valence-corrected chi connectivity index (χ2v) is 6.83. The molecule has 2 atom stereocenters. The van der Waals surface area contributed by atoms with Gasteiger partial charge in [0.2, 0.25) is 11.7 Å². The fourth-order valence-electron chi connectivity index (χ4n) is 3.02. The summed E-state index contributed by atoms with van der Waals surface area (Å²) >= 11 is 3.38. The summed E-state index contributed by atoms with van der Waals surface area (Å²) in [6.07, 6.45) is -2.03. The number of rotatable bonds is 2. The maximum Gasteiger partial charge on any atom is 0.228 e. The average Bonchev–Trinajstić information content (AvgIpc) is 2.96. The molecule has 4 rings (SSSR count). The molecule has 0 amide bonds. The smallest absolute Gasteiger partial charge is 0.228 e. The van der Waals surface area contributed by atoms with E-state index in [-0.39, 0.29) is 5.78 Å². The van der Waals surface area contributed by atoms with E-state index >= 15 is 0 Å². The van der Waals surface area contributed by atoms with Crippen LogP contribution in [0, 0.1) is 6.92 Å². The molecular formula is C19H15BrN2O3. The van der Waals surface area contributed by atoms with Crippen molar-refractivity contribution >= 4 is 21.7 Å². The number of halogens is 1. The number of aryl methyl sites for hydroxylation is 1. The summed E-state index contributed by atoms with van der Waals surface area (Å²) in [7, 11) is 0. The van der Waals surface area contributed by atoms with Crippen molar-refractivity contribution in [3.8, 4) is 11.6 Å². The van der Waals surface area contributed by atoms with Gasteiger partial charge in [0.05, 0.1) is 11.4 Å². The Morgan fingerprint density at radius 3 is 2.48 bits per heavy atom. The van der Waals surface area contributed by atoms with Gasteiger partial charge in [0.25, 0.3) is 0 Å². The molecule has 6 heteroatoms. The Kier molecular flexibility index (Phi) is 3.94. The van der Waals surface area contributed by atoms with E-state index in [4.69, 9.17) is 4.74 Å². The molecule has 1 N–H and O–H groups in total. The molecule has 0 radical (unpaired) electrons. The van der Waals surface area contributed by atoms with Crippen LogP contribution >= 0.6 is 15.9 Å². The summed E-state index contributed by atoms with van der Waals surface area (Å²) in [4.78, 5) is 12.7.